The summed E-state index contributed by atoms with van der Waals surface area (Å²) in [5, 5.41) is 3.00. The lowest BCUT2D eigenvalue weighted by Gasteiger charge is -1.92. The Morgan fingerprint density at radius 1 is 1.50 bits per heavy atom. The van der Waals surface area contributed by atoms with Gasteiger partial charge in [-0.25, -0.2) is 4.98 Å². The van der Waals surface area contributed by atoms with E-state index in [1.54, 1.807) is 0 Å². The van der Waals surface area contributed by atoms with Crippen molar-refractivity contribution < 1.29 is 4.42 Å². The summed E-state index contributed by atoms with van der Waals surface area (Å²) in [6, 6.07) is 0. The van der Waals surface area contributed by atoms with Crippen LogP contribution in [0.2, 0.25) is 0 Å². The van der Waals surface area contributed by atoms with E-state index >= 15 is 0 Å². The van der Waals surface area contributed by atoms with Gasteiger partial charge in [0, 0.05) is 6.92 Å². The number of aromatic nitrogens is 1. The van der Waals surface area contributed by atoms with Gasteiger partial charge in [0.2, 0.25) is 0 Å². The molecular weight excluding hydrogens is 128 g/mol. The van der Waals surface area contributed by atoms with Crippen LogP contribution < -0.4 is 5.32 Å². The van der Waals surface area contributed by atoms with Gasteiger partial charge < -0.3 is 9.73 Å². The third-order valence-corrected chi connectivity index (χ3v) is 1.34. The van der Waals surface area contributed by atoms with Crippen molar-refractivity contribution >= 4 is 0 Å². The van der Waals surface area contributed by atoms with Gasteiger partial charge >= 0.3 is 0 Å². The van der Waals surface area contributed by atoms with E-state index in [2.05, 4.69) is 10.3 Å². The van der Waals surface area contributed by atoms with Gasteiger partial charge in [0.1, 0.15) is 5.76 Å². The van der Waals surface area contributed by atoms with Crippen LogP contribution in [0.3, 0.4) is 0 Å². The standard InChI is InChI=1S/C7H12N2O/c1-5-7(4-8-3)10-6(2)9-5/h8H,4H2,1-3H3. The number of nitrogens with zero attached hydrogens (tertiary/aromatic N) is 1. The van der Waals surface area contributed by atoms with Crippen molar-refractivity contribution in [3.8, 4) is 0 Å². The first-order valence-corrected chi connectivity index (χ1v) is 3.31. The lowest BCUT2D eigenvalue weighted by molar-refractivity contribution is 0.463. The molecule has 0 unspecified atom stereocenters. The second-order valence-electron chi connectivity index (χ2n) is 2.27. The van der Waals surface area contributed by atoms with Crippen LogP contribution in [0.1, 0.15) is 17.3 Å². The van der Waals surface area contributed by atoms with E-state index < -0.39 is 0 Å². The van der Waals surface area contributed by atoms with Crippen molar-refractivity contribution in [3.63, 3.8) is 0 Å². The molecule has 3 heteroatoms. The summed E-state index contributed by atoms with van der Waals surface area (Å²) in [4.78, 5) is 4.12. The minimum Gasteiger partial charge on any atom is -0.444 e. The highest BCUT2D eigenvalue weighted by Gasteiger charge is 2.03. The van der Waals surface area contributed by atoms with E-state index in [0.29, 0.717) is 0 Å². The van der Waals surface area contributed by atoms with Gasteiger partial charge in [0.15, 0.2) is 5.89 Å². The molecule has 0 spiro atoms. The highest BCUT2D eigenvalue weighted by atomic mass is 16.4. The molecule has 1 aromatic heterocycles. The highest BCUT2D eigenvalue weighted by Crippen LogP contribution is 2.07. The molecule has 0 radical (unpaired) electrons. The quantitative estimate of drug-likeness (QED) is 0.666. The zero-order chi connectivity index (χ0) is 7.56. The molecule has 0 saturated carbocycles. The van der Waals surface area contributed by atoms with E-state index in [4.69, 9.17) is 4.42 Å². The number of hydrogen-bond donors (Lipinski definition) is 1. The van der Waals surface area contributed by atoms with Gasteiger partial charge in [-0.3, -0.25) is 0 Å². The molecule has 0 saturated heterocycles. The Bertz CT molecular complexity index is 217. The van der Waals surface area contributed by atoms with Crippen molar-refractivity contribution in [3.05, 3.63) is 17.3 Å². The summed E-state index contributed by atoms with van der Waals surface area (Å²) in [5.41, 5.74) is 0.979. The fourth-order valence-electron chi connectivity index (χ4n) is 0.898. The van der Waals surface area contributed by atoms with E-state index in [1.807, 2.05) is 20.9 Å². The van der Waals surface area contributed by atoms with Gasteiger partial charge in [0.25, 0.3) is 0 Å². The maximum Gasteiger partial charge on any atom is 0.191 e. The molecule has 1 N–H and O–H groups in total. The molecule has 0 atom stereocenters. The fourth-order valence-corrected chi connectivity index (χ4v) is 0.898. The second kappa shape index (κ2) is 2.84. The first-order chi connectivity index (χ1) is 4.74. The molecular formula is C7H12N2O. The molecule has 1 rings (SSSR count). The zero-order valence-corrected chi connectivity index (χ0v) is 6.56. The average Bonchev–Trinajstić information content (AvgIpc) is 2.13. The Hall–Kier alpha value is -0.830. The molecule has 0 fully saturated rings. The molecule has 0 aliphatic rings. The van der Waals surface area contributed by atoms with Crippen LogP contribution in [0.4, 0.5) is 0 Å². The summed E-state index contributed by atoms with van der Waals surface area (Å²) < 4.78 is 5.28. The van der Waals surface area contributed by atoms with Crippen molar-refractivity contribution in [1.29, 1.82) is 0 Å². The number of hydrogen-bond acceptors (Lipinski definition) is 3. The van der Waals surface area contributed by atoms with E-state index in [9.17, 15) is 0 Å². The van der Waals surface area contributed by atoms with Gasteiger partial charge in [-0.15, -0.1) is 0 Å². The average molecular weight is 140 g/mol. The summed E-state index contributed by atoms with van der Waals surface area (Å²) in [7, 11) is 1.89. The van der Waals surface area contributed by atoms with Gasteiger partial charge in [0.05, 0.1) is 12.2 Å². The summed E-state index contributed by atoms with van der Waals surface area (Å²) in [6.45, 7) is 4.56. The second-order valence-corrected chi connectivity index (χ2v) is 2.27. The predicted molar refractivity (Wildman–Crippen MR) is 38.7 cm³/mol. The van der Waals surface area contributed by atoms with E-state index in [1.165, 1.54) is 0 Å². The van der Waals surface area contributed by atoms with E-state index in [-0.39, 0.29) is 0 Å². The smallest absolute Gasteiger partial charge is 0.191 e. The lowest BCUT2D eigenvalue weighted by atomic mass is 10.4. The highest BCUT2D eigenvalue weighted by molar-refractivity contribution is 5.06. The molecule has 1 heterocycles. The fraction of sp³-hybridized carbons (Fsp3) is 0.571. The van der Waals surface area contributed by atoms with Gasteiger partial charge in [-0.1, -0.05) is 0 Å². The van der Waals surface area contributed by atoms with Crippen molar-refractivity contribution in [2.24, 2.45) is 0 Å². The maximum absolute atomic E-state index is 5.28. The van der Waals surface area contributed by atoms with Crippen molar-refractivity contribution in [2.75, 3.05) is 7.05 Å². The van der Waals surface area contributed by atoms with Crippen LogP contribution in [0, 0.1) is 13.8 Å². The summed E-state index contributed by atoms with van der Waals surface area (Å²) in [6.07, 6.45) is 0. The number of aryl methyl sites for hydroxylation is 2. The SMILES string of the molecule is CNCc1oc(C)nc1C. The van der Waals surface area contributed by atoms with Crippen molar-refractivity contribution in [1.82, 2.24) is 10.3 Å². The monoisotopic (exact) mass is 140 g/mol. The Labute approximate surface area is 60.5 Å². The minimum atomic E-state index is 0.739. The Kier molecular flexibility index (Phi) is 2.06. The van der Waals surface area contributed by atoms with Gasteiger partial charge in [-0.05, 0) is 14.0 Å². The lowest BCUT2D eigenvalue weighted by Crippen LogP contribution is -2.04. The zero-order valence-electron chi connectivity index (χ0n) is 6.56. The molecule has 0 amide bonds. The normalized spacial score (nSPS) is 10.3. The van der Waals surface area contributed by atoms with Crippen LogP contribution in [-0.4, -0.2) is 12.0 Å². The van der Waals surface area contributed by atoms with E-state index in [0.717, 1.165) is 23.9 Å². The Morgan fingerprint density at radius 3 is 2.60 bits per heavy atom. The number of nitrogens with one attached hydrogen (secondary N) is 1. The first kappa shape index (κ1) is 7.28. The van der Waals surface area contributed by atoms with Crippen molar-refractivity contribution in [2.45, 2.75) is 20.4 Å². The van der Waals surface area contributed by atoms with Crippen LogP contribution in [-0.2, 0) is 6.54 Å². The Balaban J connectivity index is 2.81. The molecule has 0 aromatic carbocycles. The molecule has 1 aromatic rings. The Morgan fingerprint density at radius 2 is 2.20 bits per heavy atom. The summed E-state index contributed by atoms with van der Waals surface area (Å²) >= 11 is 0. The van der Waals surface area contributed by atoms with Crippen LogP contribution >= 0.6 is 0 Å². The molecule has 0 aliphatic heterocycles. The number of rotatable bonds is 2. The molecule has 56 valence electrons. The van der Waals surface area contributed by atoms with Crippen LogP contribution in [0.15, 0.2) is 4.42 Å². The number of oxazole rings is 1. The van der Waals surface area contributed by atoms with Crippen LogP contribution in [0.25, 0.3) is 0 Å². The maximum atomic E-state index is 5.28. The summed E-state index contributed by atoms with van der Waals surface area (Å²) in [5.74, 6) is 1.67. The van der Waals surface area contributed by atoms with Gasteiger partial charge in [-0.2, -0.15) is 0 Å². The molecule has 3 nitrogen and oxygen atoms in total. The molecule has 0 aliphatic carbocycles. The third-order valence-electron chi connectivity index (χ3n) is 1.34. The molecule has 0 bridgehead atoms. The largest absolute Gasteiger partial charge is 0.444 e. The third kappa shape index (κ3) is 1.36. The topological polar surface area (TPSA) is 38.1 Å². The van der Waals surface area contributed by atoms with Crippen LogP contribution in [0.5, 0.6) is 0 Å². The minimum absolute atomic E-state index is 0.739. The predicted octanol–water partition coefficient (Wildman–Crippen LogP) is 1.01. The molecule has 10 heavy (non-hydrogen) atoms. The first-order valence-electron chi connectivity index (χ1n) is 3.31.